The van der Waals surface area contributed by atoms with Crippen molar-refractivity contribution in [2.75, 3.05) is 0 Å². The van der Waals surface area contributed by atoms with E-state index in [2.05, 4.69) is 20.8 Å². The number of rotatable bonds is 14. The molecule has 0 amide bonds. The predicted octanol–water partition coefficient (Wildman–Crippen LogP) is 5.14. The molecular formula is C18H34O4. The van der Waals surface area contributed by atoms with Gasteiger partial charge in [-0.15, -0.1) is 0 Å². The molecule has 0 heterocycles. The molecule has 0 spiro atoms. The van der Waals surface area contributed by atoms with E-state index in [1.54, 1.807) is 0 Å². The van der Waals surface area contributed by atoms with Crippen LogP contribution >= 0.6 is 0 Å². The van der Waals surface area contributed by atoms with Gasteiger partial charge in [0.2, 0.25) is 6.29 Å². The summed E-state index contributed by atoms with van der Waals surface area (Å²) in [6, 6.07) is 0. The second-order valence-electron chi connectivity index (χ2n) is 5.82. The third kappa shape index (κ3) is 12.7. The van der Waals surface area contributed by atoms with Crippen molar-refractivity contribution in [3.63, 3.8) is 0 Å². The largest absolute Gasteiger partial charge is 0.425 e. The normalized spacial score (nSPS) is 10.7. The molecule has 0 aromatic carbocycles. The van der Waals surface area contributed by atoms with Gasteiger partial charge in [0.25, 0.3) is 0 Å². The summed E-state index contributed by atoms with van der Waals surface area (Å²) in [4.78, 5) is 23.6. The summed E-state index contributed by atoms with van der Waals surface area (Å²) >= 11 is 0. The number of esters is 2. The summed E-state index contributed by atoms with van der Waals surface area (Å²) in [7, 11) is 0. The Bertz CT molecular complexity index is 265. The molecule has 0 aromatic rings. The zero-order valence-electron chi connectivity index (χ0n) is 14.7. The number of carbonyl (C=O) groups excluding carboxylic acids is 2. The molecule has 0 aliphatic rings. The molecule has 0 unspecified atom stereocenters. The third-order valence-corrected chi connectivity index (χ3v) is 3.54. The van der Waals surface area contributed by atoms with Crippen molar-refractivity contribution in [1.29, 1.82) is 0 Å². The maximum Gasteiger partial charge on any atom is 0.308 e. The molecule has 130 valence electrons. The topological polar surface area (TPSA) is 52.6 Å². The lowest BCUT2D eigenvalue weighted by Crippen LogP contribution is -2.24. The minimum absolute atomic E-state index is 0.253. The fourth-order valence-corrected chi connectivity index (χ4v) is 2.15. The highest BCUT2D eigenvalue weighted by molar-refractivity contribution is 5.71. The first-order chi connectivity index (χ1) is 10.6. The van der Waals surface area contributed by atoms with Gasteiger partial charge in [0.05, 0.1) is 0 Å². The van der Waals surface area contributed by atoms with Crippen LogP contribution < -0.4 is 0 Å². The van der Waals surface area contributed by atoms with Crippen molar-refractivity contribution >= 4 is 11.9 Å². The van der Waals surface area contributed by atoms with Crippen molar-refractivity contribution in [1.82, 2.24) is 0 Å². The van der Waals surface area contributed by atoms with E-state index in [4.69, 9.17) is 9.47 Å². The monoisotopic (exact) mass is 314 g/mol. The zero-order chi connectivity index (χ0) is 16.6. The van der Waals surface area contributed by atoms with Crippen LogP contribution in [0.4, 0.5) is 0 Å². The van der Waals surface area contributed by atoms with Gasteiger partial charge in [0.15, 0.2) is 0 Å². The zero-order valence-corrected chi connectivity index (χ0v) is 14.7. The van der Waals surface area contributed by atoms with Gasteiger partial charge in [0, 0.05) is 19.3 Å². The van der Waals surface area contributed by atoms with Gasteiger partial charge in [-0.2, -0.15) is 0 Å². The number of unbranched alkanes of at least 4 members (excludes halogenated alkanes) is 6. The highest BCUT2D eigenvalue weighted by Gasteiger charge is 2.18. The van der Waals surface area contributed by atoms with Gasteiger partial charge in [-0.25, -0.2) is 0 Å². The number of hydrogen-bond donors (Lipinski definition) is 0. The van der Waals surface area contributed by atoms with Crippen molar-refractivity contribution in [3.05, 3.63) is 0 Å². The van der Waals surface area contributed by atoms with Crippen LogP contribution in [0.3, 0.4) is 0 Å². The molecule has 0 saturated carbocycles. The van der Waals surface area contributed by atoms with Crippen molar-refractivity contribution in [3.8, 4) is 0 Å². The van der Waals surface area contributed by atoms with Crippen molar-refractivity contribution in [2.45, 2.75) is 104 Å². The van der Waals surface area contributed by atoms with E-state index in [9.17, 15) is 9.59 Å². The molecule has 0 aliphatic heterocycles. The quantitative estimate of drug-likeness (QED) is 0.253. The van der Waals surface area contributed by atoms with E-state index in [0.29, 0.717) is 19.3 Å². The molecule has 0 atom stereocenters. The Hall–Kier alpha value is -1.06. The molecule has 0 radical (unpaired) electrons. The SMILES string of the molecule is CCCCCC(=O)OC(CCCCC)OC(=O)CCCCC. The third-order valence-electron chi connectivity index (χ3n) is 3.54. The molecule has 0 aromatic heterocycles. The Morgan fingerprint density at radius 3 is 1.50 bits per heavy atom. The van der Waals surface area contributed by atoms with Gasteiger partial charge in [-0.1, -0.05) is 59.3 Å². The van der Waals surface area contributed by atoms with Crippen LogP contribution in [0.2, 0.25) is 0 Å². The molecule has 4 nitrogen and oxygen atoms in total. The molecule has 0 bridgehead atoms. The summed E-state index contributed by atoms with van der Waals surface area (Å²) < 4.78 is 10.7. The van der Waals surface area contributed by atoms with Crippen LogP contribution in [-0.4, -0.2) is 18.2 Å². The molecule has 0 aliphatic carbocycles. The van der Waals surface area contributed by atoms with Crippen LogP contribution in [0.1, 0.15) is 97.8 Å². The minimum Gasteiger partial charge on any atom is -0.425 e. The van der Waals surface area contributed by atoms with Crippen molar-refractivity contribution < 1.29 is 19.1 Å². The smallest absolute Gasteiger partial charge is 0.308 e. The van der Waals surface area contributed by atoms with Crippen LogP contribution in [0.15, 0.2) is 0 Å². The van der Waals surface area contributed by atoms with Gasteiger partial charge >= 0.3 is 11.9 Å². The van der Waals surface area contributed by atoms with E-state index in [0.717, 1.165) is 57.8 Å². The fourth-order valence-electron chi connectivity index (χ4n) is 2.15. The van der Waals surface area contributed by atoms with E-state index in [-0.39, 0.29) is 11.9 Å². The summed E-state index contributed by atoms with van der Waals surface area (Å²) in [5.41, 5.74) is 0. The Morgan fingerprint density at radius 2 is 1.09 bits per heavy atom. The lowest BCUT2D eigenvalue weighted by atomic mass is 10.2. The van der Waals surface area contributed by atoms with Gasteiger partial charge < -0.3 is 9.47 Å². The molecular weight excluding hydrogens is 280 g/mol. The first-order valence-corrected chi connectivity index (χ1v) is 9.02. The van der Waals surface area contributed by atoms with Crippen LogP contribution in [0.5, 0.6) is 0 Å². The molecule has 0 saturated heterocycles. The second-order valence-corrected chi connectivity index (χ2v) is 5.82. The molecule has 0 N–H and O–H groups in total. The summed E-state index contributed by atoms with van der Waals surface area (Å²) in [6.07, 6.45) is 9.62. The lowest BCUT2D eigenvalue weighted by molar-refractivity contribution is -0.189. The number of carbonyl (C=O) groups is 2. The number of hydrogen-bond acceptors (Lipinski definition) is 4. The average molecular weight is 314 g/mol. The van der Waals surface area contributed by atoms with Crippen LogP contribution in [0, 0.1) is 0 Å². The Balaban J connectivity index is 4.17. The highest BCUT2D eigenvalue weighted by Crippen LogP contribution is 2.13. The van der Waals surface area contributed by atoms with Crippen molar-refractivity contribution in [2.24, 2.45) is 0 Å². The van der Waals surface area contributed by atoms with Gasteiger partial charge in [0.1, 0.15) is 0 Å². The Morgan fingerprint density at radius 1 is 0.682 bits per heavy atom. The Kier molecular flexibility index (Phi) is 14.1. The first-order valence-electron chi connectivity index (χ1n) is 9.02. The molecule has 22 heavy (non-hydrogen) atoms. The Labute approximate surface area is 135 Å². The van der Waals surface area contributed by atoms with E-state index >= 15 is 0 Å². The van der Waals surface area contributed by atoms with Crippen LogP contribution in [-0.2, 0) is 19.1 Å². The van der Waals surface area contributed by atoms with E-state index in [1.807, 2.05) is 0 Å². The van der Waals surface area contributed by atoms with Gasteiger partial charge in [-0.05, 0) is 19.3 Å². The first kappa shape index (κ1) is 20.9. The maximum atomic E-state index is 11.8. The fraction of sp³-hybridized carbons (Fsp3) is 0.889. The summed E-state index contributed by atoms with van der Waals surface area (Å²) in [6.45, 7) is 6.30. The minimum atomic E-state index is -0.699. The van der Waals surface area contributed by atoms with Crippen LogP contribution in [0.25, 0.3) is 0 Å². The highest BCUT2D eigenvalue weighted by atomic mass is 16.7. The number of ether oxygens (including phenoxy) is 2. The van der Waals surface area contributed by atoms with Gasteiger partial charge in [-0.3, -0.25) is 9.59 Å². The van der Waals surface area contributed by atoms with E-state index in [1.165, 1.54) is 0 Å². The summed E-state index contributed by atoms with van der Waals surface area (Å²) in [5, 5.41) is 0. The molecule has 0 rings (SSSR count). The summed E-state index contributed by atoms with van der Waals surface area (Å²) in [5.74, 6) is -0.507. The second kappa shape index (κ2) is 14.9. The lowest BCUT2D eigenvalue weighted by Gasteiger charge is -2.18. The van der Waals surface area contributed by atoms with E-state index < -0.39 is 6.29 Å². The maximum absolute atomic E-state index is 11.8. The molecule has 4 heteroatoms. The predicted molar refractivity (Wildman–Crippen MR) is 88.4 cm³/mol. The average Bonchev–Trinajstić information content (AvgIpc) is 2.48. The standard InChI is InChI=1S/C18H34O4/c1-4-7-10-13-16(19)21-18(15-12-9-6-3)22-17(20)14-11-8-5-2/h18H,4-15H2,1-3H3. The molecule has 0 fully saturated rings.